The Bertz CT molecular complexity index is 521. The normalized spacial score (nSPS) is 24.4. The second-order valence-corrected chi connectivity index (χ2v) is 5.57. The average Bonchev–Trinajstić information content (AvgIpc) is 2.67. The number of amides is 1. The molecule has 19 heavy (non-hydrogen) atoms. The van der Waals surface area contributed by atoms with Crippen LogP contribution in [0.4, 0.5) is 0 Å². The van der Waals surface area contributed by atoms with Gasteiger partial charge in [-0.25, -0.2) is 0 Å². The van der Waals surface area contributed by atoms with Gasteiger partial charge in [0.15, 0.2) is 5.78 Å². The lowest BCUT2D eigenvalue weighted by Gasteiger charge is -2.16. The van der Waals surface area contributed by atoms with Gasteiger partial charge >= 0.3 is 0 Å². The monoisotopic (exact) mass is 259 g/mol. The van der Waals surface area contributed by atoms with E-state index in [1.54, 1.807) is 0 Å². The third-order valence-corrected chi connectivity index (χ3v) is 4.11. The van der Waals surface area contributed by atoms with Crippen LogP contribution in [0.3, 0.4) is 0 Å². The topological polar surface area (TPSA) is 46.2 Å². The molecule has 3 nitrogen and oxygen atoms in total. The maximum atomic E-state index is 12.5. The number of carbonyl (C=O) groups excluding carboxylic acids is 2. The summed E-state index contributed by atoms with van der Waals surface area (Å²) in [5.74, 6) is -0.567. The van der Waals surface area contributed by atoms with Crippen molar-refractivity contribution in [2.45, 2.75) is 46.1 Å². The molecule has 3 atom stereocenters. The minimum Gasteiger partial charge on any atom is -0.345 e. The molecule has 1 aromatic rings. The molecule has 1 heterocycles. The summed E-state index contributed by atoms with van der Waals surface area (Å²) in [5.41, 5.74) is 2.94. The quantitative estimate of drug-likeness (QED) is 0.848. The number of carbonyl (C=O) groups is 2. The zero-order valence-corrected chi connectivity index (χ0v) is 12.0. The van der Waals surface area contributed by atoms with Crippen LogP contribution in [-0.2, 0) is 9.59 Å². The van der Waals surface area contributed by atoms with E-state index >= 15 is 0 Å². The molecule has 3 unspecified atom stereocenters. The minimum absolute atomic E-state index is 0.0213. The van der Waals surface area contributed by atoms with Gasteiger partial charge in [-0.15, -0.1) is 0 Å². The summed E-state index contributed by atoms with van der Waals surface area (Å²) in [5, 5.41) is 2.86. The van der Waals surface area contributed by atoms with Gasteiger partial charge in [0.25, 0.3) is 0 Å². The van der Waals surface area contributed by atoms with Crippen LogP contribution in [-0.4, -0.2) is 17.7 Å². The second-order valence-electron chi connectivity index (χ2n) is 5.57. The fraction of sp³-hybridized carbons (Fsp3) is 0.500. The molecule has 0 aliphatic carbocycles. The Morgan fingerprint density at radius 1 is 1.26 bits per heavy atom. The molecule has 0 aromatic heterocycles. The lowest BCUT2D eigenvalue weighted by Crippen LogP contribution is -2.35. The van der Waals surface area contributed by atoms with E-state index in [1.165, 1.54) is 0 Å². The van der Waals surface area contributed by atoms with Crippen LogP contribution < -0.4 is 5.32 Å². The Morgan fingerprint density at radius 2 is 1.95 bits per heavy atom. The first-order valence-corrected chi connectivity index (χ1v) is 6.87. The predicted octanol–water partition coefficient (Wildman–Crippen LogP) is 2.50. The molecule has 1 aromatic carbocycles. The molecular formula is C16H21NO2. The van der Waals surface area contributed by atoms with Gasteiger partial charge in [-0.2, -0.15) is 0 Å². The van der Waals surface area contributed by atoms with Crippen LogP contribution >= 0.6 is 0 Å². The minimum atomic E-state index is -0.626. The fourth-order valence-corrected chi connectivity index (χ4v) is 2.64. The summed E-state index contributed by atoms with van der Waals surface area (Å²) < 4.78 is 0. The lowest BCUT2D eigenvalue weighted by molar-refractivity contribution is -0.124. The SMILES string of the molecule is CCC(C)C1NC(=O)C(c2cc(C)ccc2C)C1=O. The van der Waals surface area contributed by atoms with Gasteiger partial charge in [-0.1, -0.05) is 44.0 Å². The largest absolute Gasteiger partial charge is 0.345 e. The molecule has 1 saturated heterocycles. The Morgan fingerprint density at radius 3 is 2.58 bits per heavy atom. The predicted molar refractivity (Wildman–Crippen MR) is 75.0 cm³/mol. The number of aryl methyl sites for hydroxylation is 2. The van der Waals surface area contributed by atoms with Crippen molar-refractivity contribution in [3.63, 3.8) is 0 Å². The van der Waals surface area contributed by atoms with Crippen molar-refractivity contribution in [2.75, 3.05) is 0 Å². The number of rotatable bonds is 3. The Kier molecular flexibility index (Phi) is 3.74. The number of ketones is 1. The van der Waals surface area contributed by atoms with Crippen LogP contribution in [0.1, 0.15) is 42.9 Å². The summed E-state index contributed by atoms with van der Waals surface area (Å²) in [7, 11) is 0. The lowest BCUT2D eigenvalue weighted by atomic mass is 9.86. The summed E-state index contributed by atoms with van der Waals surface area (Å²) in [4.78, 5) is 24.6. The first kappa shape index (κ1) is 13.8. The zero-order chi connectivity index (χ0) is 14.2. The average molecular weight is 259 g/mol. The van der Waals surface area contributed by atoms with Crippen molar-refractivity contribution in [2.24, 2.45) is 5.92 Å². The van der Waals surface area contributed by atoms with Crippen LogP contribution in [0.2, 0.25) is 0 Å². The molecule has 2 rings (SSSR count). The van der Waals surface area contributed by atoms with Gasteiger partial charge in [-0.3, -0.25) is 9.59 Å². The second kappa shape index (κ2) is 5.16. The Labute approximate surface area is 114 Å². The van der Waals surface area contributed by atoms with E-state index in [0.29, 0.717) is 0 Å². The number of Topliss-reactive ketones (excluding diaryl/α,β-unsaturated/α-hetero) is 1. The van der Waals surface area contributed by atoms with Gasteiger partial charge < -0.3 is 5.32 Å². The number of hydrogen-bond donors (Lipinski definition) is 1. The van der Waals surface area contributed by atoms with E-state index in [-0.39, 0.29) is 23.7 Å². The summed E-state index contributed by atoms with van der Waals surface area (Å²) in [6.45, 7) is 7.97. The van der Waals surface area contributed by atoms with Gasteiger partial charge in [0.1, 0.15) is 5.92 Å². The van der Waals surface area contributed by atoms with Crippen molar-refractivity contribution in [1.29, 1.82) is 0 Å². The highest BCUT2D eigenvalue weighted by Gasteiger charge is 2.44. The van der Waals surface area contributed by atoms with Crippen molar-refractivity contribution in [1.82, 2.24) is 5.32 Å². The first-order chi connectivity index (χ1) is 8.95. The third-order valence-electron chi connectivity index (χ3n) is 4.11. The first-order valence-electron chi connectivity index (χ1n) is 6.87. The van der Waals surface area contributed by atoms with E-state index in [9.17, 15) is 9.59 Å². The van der Waals surface area contributed by atoms with Crippen LogP contribution in [0.25, 0.3) is 0 Å². The van der Waals surface area contributed by atoms with Crippen LogP contribution in [0.15, 0.2) is 18.2 Å². The van der Waals surface area contributed by atoms with Gasteiger partial charge in [0, 0.05) is 0 Å². The third kappa shape index (κ3) is 2.42. The molecule has 0 spiro atoms. The molecule has 0 bridgehead atoms. The van der Waals surface area contributed by atoms with Crippen molar-refractivity contribution in [3.8, 4) is 0 Å². The molecule has 0 radical (unpaired) electrons. The van der Waals surface area contributed by atoms with Crippen molar-refractivity contribution < 1.29 is 9.59 Å². The molecule has 1 N–H and O–H groups in total. The standard InChI is InChI=1S/C16H21NO2/c1-5-10(3)14-15(18)13(16(19)17-14)12-8-9(2)6-7-11(12)4/h6-8,10,13-14H,5H2,1-4H3,(H,17,19). The highest BCUT2D eigenvalue weighted by Crippen LogP contribution is 2.30. The molecule has 1 amide bonds. The molecule has 0 saturated carbocycles. The maximum Gasteiger partial charge on any atom is 0.235 e. The molecule has 1 aliphatic heterocycles. The maximum absolute atomic E-state index is 12.5. The fourth-order valence-electron chi connectivity index (χ4n) is 2.64. The number of benzene rings is 1. The molecule has 1 fully saturated rings. The Hall–Kier alpha value is -1.64. The van der Waals surface area contributed by atoms with Crippen LogP contribution in [0, 0.1) is 19.8 Å². The van der Waals surface area contributed by atoms with E-state index < -0.39 is 5.92 Å². The van der Waals surface area contributed by atoms with E-state index in [2.05, 4.69) is 5.32 Å². The molecule has 1 aliphatic rings. The van der Waals surface area contributed by atoms with Gasteiger partial charge in [-0.05, 0) is 30.9 Å². The van der Waals surface area contributed by atoms with Crippen LogP contribution in [0.5, 0.6) is 0 Å². The highest BCUT2D eigenvalue weighted by molar-refractivity contribution is 6.15. The van der Waals surface area contributed by atoms with E-state index in [0.717, 1.165) is 23.1 Å². The van der Waals surface area contributed by atoms with Crippen molar-refractivity contribution in [3.05, 3.63) is 34.9 Å². The molecule has 3 heteroatoms. The zero-order valence-electron chi connectivity index (χ0n) is 12.0. The van der Waals surface area contributed by atoms with Crippen molar-refractivity contribution >= 4 is 11.7 Å². The molecular weight excluding hydrogens is 238 g/mol. The number of hydrogen-bond acceptors (Lipinski definition) is 2. The highest BCUT2D eigenvalue weighted by atomic mass is 16.2. The Balaban J connectivity index is 2.38. The summed E-state index contributed by atoms with van der Waals surface area (Å²) in [6, 6.07) is 5.60. The summed E-state index contributed by atoms with van der Waals surface area (Å²) >= 11 is 0. The summed E-state index contributed by atoms with van der Waals surface area (Å²) in [6.07, 6.45) is 0.885. The molecule has 102 valence electrons. The van der Waals surface area contributed by atoms with E-state index in [4.69, 9.17) is 0 Å². The van der Waals surface area contributed by atoms with E-state index in [1.807, 2.05) is 45.9 Å². The van der Waals surface area contributed by atoms with Gasteiger partial charge in [0.05, 0.1) is 6.04 Å². The smallest absolute Gasteiger partial charge is 0.235 e. The van der Waals surface area contributed by atoms with Gasteiger partial charge in [0.2, 0.25) is 5.91 Å². The number of nitrogens with one attached hydrogen (secondary N) is 1.